The van der Waals surface area contributed by atoms with Gasteiger partial charge in [0.1, 0.15) is 0 Å². The van der Waals surface area contributed by atoms with Gasteiger partial charge in [0.25, 0.3) is 5.91 Å². The number of halogens is 1. The van der Waals surface area contributed by atoms with E-state index in [4.69, 9.17) is 16.3 Å². The van der Waals surface area contributed by atoms with Crippen LogP contribution in [0.25, 0.3) is 0 Å². The van der Waals surface area contributed by atoms with E-state index in [0.29, 0.717) is 24.3 Å². The lowest BCUT2D eigenvalue weighted by atomic mass is 10.2. The van der Waals surface area contributed by atoms with Crippen LogP contribution in [0.3, 0.4) is 0 Å². The lowest BCUT2D eigenvalue weighted by Crippen LogP contribution is -2.27. The highest BCUT2D eigenvalue weighted by atomic mass is 35.5. The molecular weight excluding hydrogens is 416 g/mol. The molecule has 3 rings (SSSR count). The number of carbonyl (C=O) groups is 2. The Kier molecular flexibility index (Phi) is 6.56. The Morgan fingerprint density at radius 1 is 1.10 bits per heavy atom. The Balaban J connectivity index is 1.71. The number of nitrogens with one attached hydrogen (secondary N) is 1. The molecule has 0 atom stereocenters. The van der Waals surface area contributed by atoms with Gasteiger partial charge in [0.05, 0.1) is 22.1 Å². The van der Waals surface area contributed by atoms with Gasteiger partial charge in [0.15, 0.2) is 0 Å². The predicted molar refractivity (Wildman–Crippen MR) is 110 cm³/mol. The zero-order valence-corrected chi connectivity index (χ0v) is 17.4. The number of sulfonamides is 1. The minimum Gasteiger partial charge on any atom is -0.462 e. The summed E-state index contributed by atoms with van der Waals surface area (Å²) >= 11 is 6.10. The Morgan fingerprint density at radius 3 is 2.34 bits per heavy atom. The van der Waals surface area contributed by atoms with E-state index in [2.05, 4.69) is 5.32 Å². The lowest BCUT2D eigenvalue weighted by Gasteiger charge is -2.15. The fourth-order valence-electron chi connectivity index (χ4n) is 3.03. The van der Waals surface area contributed by atoms with Crippen molar-refractivity contribution in [2.24, 2.45) is 0 Å². The maximum atomic E-state index is 12.6. The summed E-state index contributed by atoms with van der Waals surface area (Å²) in [6.07, 6.45) is 1.72. The van der Waals surface area contributed by atoms with E-state index < -0.39 is 21.9 Å². The molecule has 154 valence electrons. The Hall–Kier alpha value is -2.42. The van der Waals surface area contributed by atoms with Gasteiger partial charge in [0.2, 0.25) is 10.0 Å². The first kappa shape index (κ1) is 21.3. The van der Waals surface area contributed by atoms with Crippen LogP contribution >= 0.6 is 11.6 Å². The van der Waals surface area contributed by atoms with E-state index in [9.17, 15) is 18.0 Å². The molecule has 1 aliphatic heterocycles. The van der Waals surface area contributed by atoms with Crippen LogP contribution in [0.4, 0.5) is 5.69 Å². The molecule has 2 aromatic rings. The molecular formula is C20H21ClN2O5S. The number of carbonyl (C=O) groups excluding carboxylic acids is 2. The van der Waals surface area contributed by atoms with Crippen molar-refractivity contribution in [3.8, 4) is 0 Å². The van der Waals surface area contributed by atoms with E-state index in [1.165, 1.54) is 40.7 Å². The van der Waals surface area contributed by atoms with Gasteiger partial charge in [-0.1, -0.05) is 11.6 Å². The van der Waals surface area contributed by atoms with E-state index in [-0.39, 0.29) is 22.1 Å². The fourth-order valence-corrected chi connectivity index (χ4v) is 4.80. The topological polar surface area (TPSA) is 92.8 Å². The first-order chi connectivity index (χ1) is 13.8. The van der Waals surface area contributed by atoms with Gasteiger partial charge in [-0.15, -0.1) is 0 Å². The molecule has 1 N–H and O–H groups in total. The lowest BCUT2D eigenvalue weighted by molar-refractivity contribution is 0.0526. The highest BCUT2D eigenvalue weighted by Crippen LogP contribution is 2.24. The summed E-state index contributed by atoms with van der Waals surface area (Å²) in [5.74, 6) is -0.958. The molecule has 0 bridgehead atoms. The van der Waals surface area contributed by atoms with Crippen molar-refractivity contribution in [3.63, 3.8) is 0 Å². The van der Waals surface area contributed by atoms with Crippen LogP contribution in [-0.4, -0.2) is 44.3 Å². The summed E-state index contributed by atoms with van der Waals surface area (Å²) in [5.41, 5.74) is 0.917. The Labute approximate surface area is 174 Å². The maximum absolute atomic E-state index is 12.6. The van der Waals surface area contributed by atoms with Crippen molar-refractivity contribution in [1.82, 2.24) is 4.31 Å². The number of benzene rings is 2. The minimum atomic E-state index is -3.52. The normalized spacial score (nSPS) is 14.6. The molecule has 1 saturated heterocycles. The van der Waals surface area contributed by atoms with Crippen LogP contribution in [0.5, 0.6) is 0 Å². The molecule has 2 aromatic carbocycles. The first-order valence-electron chi connectivity index (χ1n) is 9.21. The van der Waals surface area contributed by atoms with Gasteiger partial charge >= 0.3 is 5.97 Å². The SMILES string of the molecule is CCOC(=O)c1ccc(NC(=O)c2ccc(S(=O)(=O)N3CCCC3)cc2)cc1Cl. The van der Waals surface area contributed by atoms with Crippen LogP contribution in [0.15, 0.2) is 47.4 Å². The van der Waals surface area contributed by atoms with Crippen molar-refractivity contribution >= 4 is 39.2 Å². The second-order valence-electron chi connectivity index (χ2n) is 6.50. The summed E-state index contributed by atoms with van der Waals surface area (Å²) in [6.45, 7) is 2.97. The number of esters is 1. The van der Waals surface area contributed by atoms with Crippen LogP contribution in [0.2, 0.25) is 5.02 Å². The third kappa shape index (κ3) is 4.77. The van der Waals surface area contributed by atoms with Crippen molar-refractivity contribution in [2.75, 3.05) is 25.0 Å². The van der Waals surface area contributed by atoms with Crippen LogP contribution in [0.1, 0.15) is 40.5 Å². The fraction of sp³-hybridized carbons (Fsp3) is 0.300. The standard InChI is InChI=1S/C20H21ClN2O5S/c1-2-28-20(25)17-10-7-15(13-18(17)21)22-19(24)14-5-8-16(9-6-14)29(26,27)23-11-3-4-12-23/h5-10,13H,2-4,11-12H2,1H3,(H,22,24). The van der Waals surface area contributed by atoms with Crippen molar-refractivity contribution in [3.05, 3.63) is 58.6 Å². The third-order valence-corrected chi connectivity index (χ3v) is 6.77. The maximum Gasteiger partial charge on any atom is 0.339 e. The number of rotatable bonds is 6. The Bertz CT molecular complexity index is 1020. The van der Waals surface area contributed by atoms with E-state index >= 15 is 0 Å². The highest BCUT2D eigenvalue weighted by Gasteiger charge is 2.27. The average Bonchev–Trinajstić information content (AvgIpc) is 3.24. The zero-order chi connectivity index (χ0) is 21.0. The molecule has 0 spiro atoms. The van der Waals surface area contributed by atoms with Crippen molar-refractivity contribution in [1.29, 1.82) is 0 Å². The number of ether oxygens (including phenoxy) is 1. The molecule has 0 unspecified atom stereocenters. The first-order valence-corrected chi connectivity index (χ1v) is 11.0. The summed E-state index contributed by atoms with van der Waals surface area (Å²) in [7, 11) is -3.52. The largest absolute Gasteiger partial charge is 0.462 e. The number of nitrogens with zero attached hydrogens (tertiary/aromatic N) is 1. The molecule has 1 amide bonds. The van der Waals surface area contributed by atoms with Crippen LogP contribution < -0.4 is 5.32 Å². The smallest absolute Gasteiger partial charge is 0.339 e. The van der Waals surface area contributed by atoms with Gasteiger partial charge in [-0.2, -0.15) is 4.31 Å². The average molecular weight is 437 g/mol. The van der Waals surface area contributed by atoms with Crippen LogP contribution in [-0.2, 0) is 14.8 Å². The number of anilines is 1. The quantitative estimate of drug-likeness (QED) is 0.699. The number of hydrogen-bond acceptors (Lipinski definition) is 5. The molecule has 0 aliphatic carbocycles. The predicted octanol–water partition coefficient (Wildman–Crippen LogP) is 3.55. The summed E-state index contributed by atoms with van der Waals surface area (Å²) < 4.78 is 31.5. The van der Waals surface area contributed by atoms with Crippen LogP contribution in [0, 0.1) is 0 Å². The molecule has 7 nitrogen and oxygen atoms in total. The molecule has 1 heterocycles. The zero-order valence-electron chi connectivity index (χ0n) is 15.9. The number of amides is 1. The van der Waals surface area contributed by atoms with Gasteiger partial charge in [-0.25, -0.2) is 13.2 Å². The Morgan fingerprint density at radius 2 is 1.76 bits per heavy atom. The second kappa shape index (κ2) is 8.94. The van der Waals surface area contributed by atoms with Crippen molar-refractivity contribution < 1.29 is 22.7 Å². The molecule has 0 aromatic heterocycles. The molecule has 0 radical (unpaired) electrons. The third-order valence-electron chi connectivity index (χ3n) is 4.54. The molecule has 9 heteroatoms. The highest BCUT2D eigenvalue weighted by molar-refractivity contribution is 7.89. The molecule has 1 aliphatic rings. The van der Waals surface area contributed by atoms with Gasteiger partial charge in [-0.05, 0) is 62.2 Å². The second-order valence-corrected chi connectivity index (χ2v) is 8.85. The minimum absolute atomic E-state index is 0.160. The van der Waals surface area contributed by atoms with Gasteiger partial charge in [0, 0.05) is 24.3 Å². The summed E-state index contributed by atoms with van der Waals surface area (Å²) in [4.78, 5) is 24.4. The monoisotopic (exact) mass is 436 g/mol. The molecule has 1 fully saturated rings. The van der Waals surface area contributed by atoms with E-state index in [1.807, 2.05) is 0 Å². The van der Waals surface area contributed by atoms with Gasteiger partial charge < -0.3 is 10.1 Å². The van der Waals surface area contributed by atoms with Crippen molar-refractivity contribution in [2.45, 2.75) is 24.7 Å². The summed E-state index contributed by atoms with van der Waals surface area (Å²) in [6, 6.07) is 10.3. The van der Waals surface area contributed by atoms with E-state index in [0.717, 1.165) is 12.8 Å². The molecule has 0 saturated carbocycles. The summed E-state index contributed by atoms with van der Waals surface area (Å²) in [5, 5.41) is 2.84. The number of hydrogen-bond donors (Lipinski definition) is 1. The van der Waals surface area contributed by atoms with E-state index in [1.54, 1.807) is 13.0 Å². The molecule has 29 heavy (non-hydrogen) atoms. The van der Waals surface area contributed by atoms with Gasteiger partial charge in [-0.3, -0.25) is 4.79 Å².